The van der Waals surface area contributed by atoms with Gasteiger partial charge in [-0.15, -0.1) is 16.8 Å². The van der Waals surface area contributed by atoms with Crippen LogP contribution in [0.2, 0.25) is 0 Å². The minimum Gasteiger partial charge on any atom is -0.356 e. The molecule has 2 unspecified atom stereocenters. The molecule has 7 heteroatoms. The molecule has 7 nitrogen and oxygen atoms in total. The summed E-state index contributed by atoms with van der Waals surface area (Å²) in [5, 5.41) is 15.1. The molecule has 156 valence electrons. The number of nitrogens with one attached hydrogen (secondary N) is 2. The van der Waals surface area contributed by atoms with Crippen LogP contribution in [0.4, 0.5) is 0 Å². The van der Waals surface area contributed by atoms with Gasteiger partial charge in [0.2, 0.25) is 0 Å². The maximum atomic E-state index is 4.68. The van der Waals surface area contributed by atoms with E-state index in [-0.39, 0.29) is 0 Å². The molecule has 1 aliphatic rings. The number of aliphatic imine (C=N–C) groups is 1. The van der Waals surface area contributed by atoms with Crippen LogP contribution in [-0.2, 0) is 20.1 Å². The third kappa shape index (κ3) is 5.90. The number of hydrogen-bond donors (Lipinski definition) is 2. The molecule has 1 aromatic heterocycles. The summed E-state index contributed by atoms with van der Waals surface area (Å²) in [5.74, 6) is 3.13. The van der Waals surface area contributed by atoms with Crippen molar-refractivity contribution in [1.82, 2.24) is 30.3 Å². The van der Waals surface area contributed by atoms with Crippen molar-refractivity contribution in [3.63, 3.8) is 0 Å². The Morgan fingerprint density at radius 3 is 2.76 bits per heavy atom. The van der Waals surface area contributed by atoms with Crippen molar-refractivity contribution in [2.45, 2.75) is 39.4 Å². The quantitative estimate of drug-likeness (QED) is 0.408. The molecule has 1 aromatic carbocycles. The first-order valence-electron chi connectivity index (χ1n) is 10.3. The van der Waals surface area contributed by atoms with Gasteiger partial charge in [-0.25, -0.2) is 4.99 Å². The van der Waals surface area contributed by atoms with Crippen LogP contribution in [0.3, 0.4) is 0 Å². The van der Waals surface area contributed by atoms with Crippen molar-refractivity contribution in [3.8, 4) is 0 Å². The highest BCUT2D eigenvalue weighted by atomic mass is 15.3. The largest absolute Gasteiger partial charge is 0.356 e. The average molecular weight is 396 g/mol. The second-order valence-corrected chi connectivity index (χ2v) is 7.80. The Kier molecular flexibility index (Phi) is 7.41. The van der Waals surface area contributed by atoms with E-state index in [0.717, 1.165) is 37.2 Å². The molecular weight excluding hydrogens is 362 g/mol. The molecule has 0 spiro atoms. The molecule has 0 bridgehead atoms. The normalized spacial score (nSPS) is 20.0. The van der Waals surface area contributed by atoms with Gasteiger partial charge >= 0.3 is 0 Å². The van der Waals surface area contributed by atoms with Crippen LogP contribution in [0, 0.1) is 12.8 Å². The Morgan fingerprint density at radius 2 is 2.07 bits per heavy atom. The first-order chi connectivity index (χ1) is 14.1. The Bertz CT molecular complexity index is 812. The fourth-order valence-corrected chi connectivity index (χ4v) is 3.73. The van der Waals surface area contributed by atoms with Crippen LogP contribution in [-0.4, -0.2) is 51.3 Å². The van der Waals surface area contributed by atoms with Crippen molar-refractivity contribution in [1.29, 1.82) is 0 Å². The van der Waals surface area contributed by atoms with Crippen molar-refractivity contribution in [2.24, 2.45) is 18.0 Å². The Balaban J connectivity index is 1.54. The van der Waals surface area contributed by atoms with Gasteiger partial charge < -0.3 is 15.2 Å². The molecule has 29 heavy (non-hydrogen) atoms. The highest BCUT2D eigenvalue weighted by molar-refractivity contribution is 5.79. The lowest BCUT2D eigenvalue weighted by Gasteiger charge is -2.21. The van der Waals surface area contributed by atoms with Gasteiger partial charge in [0, 0.05) is 39.3 Å². The molecule has 3 rings (SSSR count). The van der Waals surface area contributed by atoms with E-state index in [4.69, 9.17) is 0 Å². The predicted molar refractivity (Wildman–Crippen MR) is 118 cm³/mol. The molecule has 0 amide bonds. The van der Waals surface area contributed by atoms with E-state index in [1.165, 1.54) is 12.0 Å². The molecule has 0 radical (unpaired) electrons. The lowest BCUT2D eigenvalue weighted by Crippen LogP contribution is -2.40. The molecule has 0 saturated carbocycles. The SMILES string of the molecule is C=CCNC(=NCc1nnc(C)n1C)NCC1CC(C)N(Cc2ccccc2)C1. The van der Waals surface area contributed by atoms with Crippen molar-refractivity contribution in [3.05, 3.63) is 60.2 Å². The molecule has 2 atom stereocenters. The molecule has 2 heterocycles. The first kappa shape index (κ1) is 21.0. The maximum Gasteiger partial charge on any atom is 0.191 e. The zero-order valence-electron chi connectivity index (χ0n) is 17.8. The molecule has 2 aromatic rings. The summed E-state index contributed by atoms with van der Waals surface area (Å²) in [6.07, 6.45) is 3.03. The third-order valence-electron chi connectivity index (χ3n) is 5.55. The number of rotatable bonds is 8. The number of aromatic nitrogens is 3. The number of likely N-dealkylation sites (tertiary alicyclic amines) is 1. The van der Waals surface area contributed by atoms with Crippen LogP contribution in [0.15, 0.2) is 48.0 Å². The Labute approximate surface area is 173 Å². The van der Waals surface area contributed by atoms with E-state index in [9.17, 15) is 0 Å². The number of guanidine groups is 1. The summed E-state index contributed by atoms with van der Waals surface area (Å²) < 4.78 is 1.97. The van der Waals surface area contributed by atoms with Gasteiger partial charge in [0.15, 0.2) is 11.8 Å². The van der Waals surface area contributed by atoms with E-state index >= 15 is 0 Å². The van der Waals surface area contributed by atoms with Gasteiger partial charge in [-0.2, -0.15) is 0 Å². The number of benzene rings is 1. The van der Waals surface area contributed by atoms with Gasteiger partial charge in [-0.3, -0.25) is 4.90 Å². The summed E-state index contributed by atoms with van der Waals surface area (Å²) >= 11 is 0. The summed E-state index contributed by atoms with van der Waals surface area (Å²) in [5.41, 5.74) is 1.38. The minimum absolute atomic E-state index is 0.491. The van der Waals surface area contributed by atoms with E-state index in [2.05, 4.69) is 74.6 Å². The highest BCUT2D eigenvalue weighted by Gasteiger charge is 2.28. The molecular formula is C22H33N7. The Hall–Kier alpha value is -2.67. The van der Waals surface area contributed by atoms with Crippen LogP contribution in [0.5, 0.6) is 0 Å². The van der Waals surface area contributed by atoms with Crippen LogP contribution >= 0.6 is 0 Å². The number of hydrogen-bond acceptors (Lipinski definition) is 4. The van der Waals surface area contributed by atoms with E-state index in [1.807, 2.05) is 24.6 Å². The summed E-state index contributed by atoms with van der Waals surface area (Å²) in [7, 11) is 1.96. The van der Waals surface area contributed by atoms with Crippen LogP contribution < -0.4 is 10.6 Å². The number of nitrogens with zero attached hydrogens (tertiary/aromatic N) is 5. The zero-order chi connectivity index (χ0) is 20.6. The van der Waals surface area contributed by atoms with Gasteiger partial charge in [0.25, 0.3) is 0 Å². The summed E-state index contributed by atoms with van der Waals surface area (Å²) in [6, 6.07) is 11.3. The lowest BCUT2D eigenvalue weighted by molar-refractivity contribution is 0.255. The van der Waals surface area contributed by atoms with E-state index < -0.39 is 0 Å². The summed E-state index contributed by atoms with van der Waals surface area (Å²) in [6.45, 7) is 12.2. The van der Waals surface area contributed by atoms with Crippen LogP contribution in [0.1, 0.15) is 30.6 Å². The third-order valence-corrected chi connectivity index (χ3v) is 5.55. The minimum atomic E-state index is 0.491. The monoisotopic (exact) mass is 395 g/mol. The van der Waals surface area contributed by atoms with E-state index in [0.29, 0.717) is 25.0 Å². The fourth-order valence-electron chi connectivity index (χ4n) is 3.73. The van der Waals surface area contributed by atoms with Gasteiger partial charge in [-0.05, 0) is 31.7 Å². The standard InChI is InChI=1S/C22H33N7/c1-5-11-23-22(25-14-21-27-26-18(3)28(21)4)24-13-20-12-17(2)29(16-20)15-19-9-7-6-8-10-19/h5-10,17,20H,1,11-16H2,2-4H3,(H2,23,24,25). The van der Waals surface area contributed by atoms with Crippen LogP contribution in [0.25, 0.3) is 0 Å². The molecule has 1 saturated heterocycles. The summed E-state index contributed by atoms with van der Waals surface area (Å²) in [4.78, 5) is 7.25. The first-order valence-corrected chi connectivity index (χ1v) is 10.3. The second-order valence-electron chi connectivity index (χ2n) is 7.80. The van der Waals surface area contributed by atoms with Crippen molar-refractivity contribution >= 4 is 5.96 Å². The van der Waals surface area contributed by atoms with Gasteiger partial charge in [-0.1, -0.05) is 36.4 Å². The zero-order valence-corrected chi connectivity index (χ0v) is 17.8. The molecule has 2 N–H and O–H groups in total. The van der Waals surface area contributed by atoms with Crippen molar-refractivity contribution < 1.29 is 0 Å². The van der Waals surface area contributed by atoms with E-state index in [1.54, 1.807) is 0 Å². The predicted octanol–water partition coefficient (Wildman–Crippen LogP) is 2.26. The maximum absolute atomic E-state index is 4.68. The smallest absolute Gasteiger partial charge is 0.191 e. The molecule has 1 fully saturated rings. The van der Waals surface area contributed by atoms with Gasteiger partial charge in [0.1, 0.15) is 12.4 Å². The Morgan fingerprint density at radius 1 is 1.28 bits per heavy atom. The topological polar surface area (TPSA) is 70.4 Å². The number of aryl methyl sites for hydroxylation is 1. The van der Waals surface area contributed by atoms with Crippen molar-refractivity contribution in [2.75, 3.05) is 19.6 Å². The fraction of sp³-hybridized carbons (Fsp3) is 0.500. The second kappa shape index (κ2) is 10.2. The average Bonchev–Trinajstić information content (AvgIpc) is 3.24. The van der Waals surface area contributed by atoms with Gasteiger partial charge in [0.05, 0.1) is 0 Å². The highest BCUT2D eigenvalue weighted by Crippen LogP contribution is 2.24. The lowest BCUT2D eigenvalue weighted by atomic mass is 10.1. The molecule has 0 aliphatic carbocycles. The molecule has 1 aliphatic heterocycles.